The van der Waals surface area contributed by atoms with Crippen molar-refractivity contribution in [3.05, 3.63) is 143 Å². The standard InChI is InChI=1S/C34H26ClN3O4S/c35-28-13-7-8-14-29(28)37-32(39)22-43-27-18-15-25(16-19-27)36-34(41)30(38-33(40)24-11-5-2-6-12-24)21-26-17-20-31(42-26)23-9-3-1-4-10-23/h1-21H,22H2,(H,36,41)(H,37,39)(H,38,40). The van der Waals surface area contributed by atoms with Gasteiger partial charge in [-0.2, -0.15) is 0 Å². The molecule has 3 amide bonds. The maximum Gasteiger partial charge on any atom is 0.272 e. The molecule has 0 aliphatic carbocycles. The quantitative estimate of drug-likeness (QED) is 0.111. The monoisotopic (exact) mass is 607 g/mol. The minimum Gasteiger partial charge on any atom is -0.457 e. The molecule has 0 aliphatic rings. The van der Waals surface area contributed by atoms with E-state index in [0.717, 1.165) is 10.5 Å². The van der Waals surface area contributed by atoms with Crippen LogP contribution in [0.4, 0.5) is 11.4 Å². The number of amides is 3. The summed E-state index contributed by atoms with van der Waals surface area (Å²) >= 11 is 7.46. The van der Waals surface area contributed by atoms with Crippen molar-refractivity contribution in [1.82, 2.24) is 5.32 Å². The molecule has 5 aromatic rings. The zero-order valence-corrected chi connectivity index (χ0v) is 24.3. The summed E-state index contributed by atoms with van der Waals surface area (Å²) in [4.78, 5) is 39.5. The van der Waals surface area contributed by atoms with E-state index in [0.29, 0.717) is 33.5 Å². The molecule has 9 heteroatoms. The first-order valence-electron chi connectivity index (χ1n) is 13.3. The van der Waals surface area contributed by atoms with Crippen LogP contribution in [-0.2, 0) is 9.59 Å². The molecule has 0 radical (unpaired) electrons. The molecule has 0 fully saturated rings. The average molecular weight is 608 g/mol. The molecular weight excluding hydrogens is 582 g/mol. The maximum absolute atomic E-state index is 13.4. The van der Waals surface area contributed by atoms with E-state index in [1.165, 1.54) is 17.8 Å². The number of benzene rings is 4. The molecule has 0 bridgehead atoms. The number of furan rings is 1. The van der Waals surface area contributed by atoms with Gasteiger partial charge < -0.3 is 20.4 Å². The molecule has 1 heterocycles. The number of carbonyl (C=O) groups is 3. The third-order valence-electron chi connectivity index (χ3n) is 6.13. The lowest BCUT2D eigenvalue weighted by Crippen LogP contribution is -2.30. The van der Waals surface area contributed by atoms with Crippen LogP contribution in [0, 0.1) is 0 Å². The lowest BCUT2D eigenvalue weighted by atomic mass is 10.2. The van der Waals surface area contributed by atoms with Gasteiger partial charge >= 0.3 is 0 Å². The van der Waals surface area contributed by atoms with Gasteiger partial charge in [0, 0.05) is 27.8 Å². The first-order valence-corrected chi connectivity index (χ1v) is 14.6. The lowest BCUT2D eigenvalue weighted by molar-refractivity contribution is -0.114. The fourth-order valence-corrected chi connectivity index (χ4v) is 4.88. The third-order valence-corrected chi connectivity index (χ3v) is 7.47. The smallest absolute Gasteiger partial charge is 0.272 e. The highest BCUT2D eigenvalue weighted by atomic mass is 35.5. The van der Waals surface area contributed by atoms with E-state index in [9.17, 15) is 14.4 Å². The van der Waals surface area contributed by atoms with Crippen LogP contribution in [0.1, 0.15) is 16.1 Å². The highest BCUT2D eigenvalue weighted by Gasteiger charge is 2.16. The Hall–Kier alpha value is -5.05. The van der Waals surface area contributed by atoms with Crippen molar-refractivity contribution in [2.75, 3.05) is 16.4 Å². The average Bonchev–Trinajstić information content (AvgIpc) is 3.51. The summed E-state index contributed by atoms with van der Waals surface area (Å²) < 4.78 is 5.94. The second kappa shape index (κ2) is 14.2. The van der Waals surface area contributed by atoms with Crippen LogP contribution in [-0.4, -0.2) is 23.5 Å². The van der Waals surface area contributed by atoms with Gasteiger partial charge in [0.1, 0.15) is 17.2 Å². The predicted octanol–water partition coefficient (Wildman–Crippen LogP) is 7.74. The van der Waals surface area contributed by atoms with Crippen LogP contribution < -0.4 is 16.0 Å². The number of nitrogens with one attached hydrogen (secondary N) is 3. The molecule has 0 saturated heterocycles. The Balaban J connectivity index is 1.26. The van der Waals surface area contributed by atoms with Crippen molar-refractivity contribution < 1.29 is 18.8 Å². The van der Waals surface area contributed by atoms with E-state index in [4.69, 9.17) is 16.0 Å². The Morgan fingerprint density at radius 2 is 1.42 bits per heavy atom. The summed E-state index contributed by atoms with van der Waals surface area (Å²) in [5.74, 6) is 0.0744. The summed E-state index contributed by atoms with van der Waals surface area (Å²) in [5, 5.41) is 8.79. The number of halogens is 1. The second-order valence-electron chi connectivity index (χ2n) is 9.24. The molecule has 4 aromatic carbocycles. The molecule has 0 aliphatic heterocycles. The van der Waals surface area contributed by atoms with Gasteiger partial charge in [-0.15, -0.1) is 11.8 Å². The summed E-state index contributed by atoms with van der Waals surface area (Å²) in [7, 11) is 0. The Morgan fingerprint density at radius 1 is 0.744 bits per heavy atom. The van der Waals surface area contributed by atoms with Crippen LogP contribution in [0.3, 0.4) is 0 Å². The molecule has 0 saturated carbocycles. The zero-order chi connectivity index (χ0) is 30.0. The van der Waals surface area contributed by atoms with Gasteiger partial charge in [0.25, 0.3) is 11.8 Å². The number of anilines is 2. The van der Waals surface area contributed by atoms with Crippen molar-refractivity contribution in [2.45, 2.75) is 4.90 Å². The second-order valence-corrected chi connectivity index (χ2v) is 10.7. The highest BCUT2D eigenvalue weighted by Crippen LogP contribution is 2.25. The minimum atomic E-state index is -0.526. The Labute approximate surface area is 258 Å². The molecule has 0 unspecified atom stereocenters. The van der Waals surface area contributed by atoms with Crippen LogP contribution in [0.15, 0.2) is 136 Å². The molecule has 43 heavy (non-hydrogen) atoms. The number of rotatable bonds is 10. The van der Waals surface area contributed by atoms with Crippen molar-refractivity contribution in [3.63, 3.8) is 0 Å². The molecular formula is C34H26ClN3O4S. The van der Waals surface area contributed by atoms with Gasteiger partial charge in [-0.1, -0.05) is 72.3 Å². The summed E-state index contributed by atoms with van der Waals surface area (Å²) in [6, 6.07) is 35.8. The van der Waals surface area contributed by atoms with Gasteiger partial charge in [0.05, 0.1) is 16.5 Å². The van der Waals surface area contributed by atoms with Crippen LogP contribution >= 0.6 is 23.4 Å². The minimum absolute atomic E-state index is 0.0116. The van der Waals surface area contributed by atoms with Crippen LogP contribution in [0.25, 0.3) is 17.4 Å². The zero-order valence-electron chi connectivity index (χ0n) is 22.8. The molecule has 0 spiro atoms. The van der Waals surface area contributed by atoms with E-state index < -0.39 is 11.8 Å². The van der Waals surface area contributed by atoms with Crippen LogP contribution in [0.5, 0.6) is 0 Å². The Morgan fingerprint density at radius 3 is 2.14 bits per heavy atom. The van der Waals surface area contributed by atoms with Gasteiger partial charge in [-0.25, -0.2) is 0 Å². The van der Waals surface area contributed by atoms with E-state index in [1.54, 1.807) is 84.9 Å². The fourth-order valence-electron chi connectivity index (χ4n) is 4.00. The molecule has 7 nitrogen and oxygen atoms in total. The van der Waals surface area contributed by atoms with Gasteiger partial charge in [-0.3, -0.25) is 14.4 Å². The first kappa shape index (κ1) is 29.4. The van der Waals surface area contributed by atoms with E-state index in [-0.39, 0.29) is 17.4 Å². The number of para-hydroxylation sites is 1. The molecule has 1 aromatic heterocycles. The van der Waals surface area contributed by atoms with Crippen molar-refractivity contribution in [1.29, 1.82) is 0 Å². The van der Waals surface area contributed by atoms with Crippen molar-refractivity contribution >= 4 is 58.5 Å². The number of hydrogen-bond donors (Lipinski definition) is 3. The highest BCUT2D eigenvalue weighted by molar-refractivity contribution is 8.00. The van der Waals surface area contributed by atoms with Gasteiger partial charge in [0.15, 0.2) is 0 Å². The summed E-state index contributed by atoms with van der Waals surface area (Å²) in [6.07, 6.45) is 1.49. The fraction of sp³-hybridized carbons (Fsp3) is 0.0294. The SMILES string of the molecule is O=C(CSc1ccc(NC(=O)C(=Cc2ccc(-c3ccccc3)o2)NC(=O)c2ccccc2)cc1)Nc1ccccc1Cl. The van der Waals surface area contributed by atoms with Crippen molar-refractivity contribution in [3.8, 4) is 11.3 Å². The molecule has 5 rings (SSSR count). The topological polar surface area (TPSA) is 100 Å². The van der Waals surface area contributed by atoms with Gasteiger partial charge in [0.2, 0.25) is 5.91 Å². The molecule has 3 N–H and O–H groups in total. The Kier molecular flexibility index (Phi) is 9.74. The normalized spacial score (nSPS) is 11.0. The summed E-state index contributed by atoms with van der Waals surface area (Å²) in [6.45, 7) is 0. The van der Waals surface area contributed by atoms with Crippen LogP contribution in [0.2, 0.25) is 5.02 Å². The summed E-state index contributed by atoms with van der Waals surface area (Å²) in [5.41, 5.74) is 2.38. The number of hydrogen-bond acceptors (Lipinski definition) is 5. The first-order chi connectivity index (χ1) is 20.9. The third kappa shape index (κ3) is 8.25. The van der Waals surface area contributed by atoms with Crippen molar-refractivity contribution in [2.24, 2.45) is 0 Å². The molecule has 214 valence electrons. The van der Waals surface area contributed by atoms with E-state index >= 15 is 0 Å². The number of carbonyl (C=O) groups excluding carboxylic acids is 3. The largest absolute Gasteiger partial charge is 0.457 e. The maximum atomic E-state index is 13.4. The Bertz CT molecular complexity index is 1750. The van der Waals surface area contributed by atoms with Gasteiger partial charge in [-0.05, 0) is 60.7 Å². The lowest BCUT2D eigenvalue weighted by Gasteiger charge is -2.11. The predicted molar refractivity (Wildman–Crippen MR) is 172 cm³/mol. The molecule has 0 atom stereocenters. The number of thioether (sulfide) groups is 1. The van der Waals surface area contributed by atoms with E-state index in [2.05, 4.69) is 16.0 Å². The van der Waals surface area contributed by atoms with E-state index in [1.807, 2.05) is 36.4 Å².